The van der Waals surface area contributed by atoms with Crippen molar-refractivity contribution in [2.75, 3.05) is 25.9 Å². The third kappa shape index (κ3) is 4.72. The van der Waals surface area contributed by atoms with Crippen molar-refractivity contribution in [1.82, 2.24) is 10.2 Å². The highest BCUT2D eigenvalue weighted by atomic mass is 35.5. The van der Waals surface area contributed by atoms with Gasteiger partial charge in [0.05, 0.1) is 0 Å². The fraction of sp³-hybridized carbons (Fsp3) is 0.500. The van der Waals surface area contributed by atoms with E-state index in [0.717, 1.165) is 25.3 Å². The molecule has 5 heteroatoms. The molecule has 17 heavy (non-hydrogen) atoms. The number of benzene rings is 1. The Morgan fingerprint density at radius 3 is 2.76 bits per heavy atom. The van der Waals surface area contributed by atoms with Crippen LogP contribution in [-0.4, -0.2) is 31.1 Å². The number of nitrogens with zero attached hydrogens (tertiary/aromatic N) is 1. The monoisotopic (exact) mass is 277 g/mol. The zero-order chi connectivity index (χ0) is 10.7. The Labute approximate surface area is 116 Å². The standard InChI is InChI=1S/C12H19N3.2ClH/c1-15(12-5-6-14-8-12)9-10-3-2-4-11(13)7-10;;/h2-4,7,12,14H,5-6,8-9,13H2,1H3;2*1H. The highest BCUT2D eigenvalue weighted by molar-refractivity contribution is 5.85. The van der Waals surface area contributed by atoms with Crippen molar-refractivity contribution < 1.29 is 0 Å². The van der Waals surface area contributed by atoms with Crippen molar-refractivity contribution in [2.24, 2.45) is 0 Å². The minimum atomic E-state index is 0. The summed E-state index contributed by atoms with van der Waals surface area (Å²) >= 11 is 0. The summed E-state index contributed by atoms with van der Waals surface area (Å²) in [5.41, 5.74) is 7.90. The van der Waals surface area contributed by atoms with Gasteiger partial charge in [0.15, 0.2) is 0 Å². The van der Waals surface area contributed by atoms with Crippen LogP contribution in [0.3, 0.4) is 0 Å². The molecule has 1 aliphatic rings. The number of anilines is 1. The number of hydrogen-bond acceptors (Lipinski definition) is 3. The molecule has 1 saturated heterocycles. The van der Waals surface area contributed by atoms with E-state index in [0.29, 0.717) is 6.04 Å². The predicted octanol–water partition coefficient (Wildman–Crippen LogP) is 1.91. The summed E-state index contributed by atoms with van der Waals surface area (Å²) in [4.78, 5) is 2.40. The summed E-state index contributed by atoms with van der Waals surface area (Å²) < 4.78 is 0. The Morgan fingerprint density at radius 2 is 2.18 bits per heavy atom. The molecule has 0 aromatic heterocycles. The topological polar surface area (TPSA) is 41.3 Å². The van der Waals surface area contributed by atoms with Gasteiger partial charge >= 0.3 is 0 Å². The lowest BCUT2D eigenvalue weighted by Crippen LogP contribution is -2.32. The second kappa shape index (κ2) is 7.77. The van der Waals surface area contributed by atoms with Crippen LogP contribution in [0, 0.1) is 0 Å². The minimum absolute atomic E-state index is 0. The molecule has 3 nitrogen and oxygen atoms in total. The fourth-order valence-corrected chi connectivity index (χ4v) is 2.12. The first kappa shape index (κ1) is 16.5. The molecule has 0 spiro atoms. The lowest BCUT2D eigenvalue weighted by atomic mass is 10.1. The molecule has 2 rings (SSSR count). The number of rotatable bonds is 3. The van der Waals surface area contributed by atoms with Crippen LogP contribution in [0.5, 0.6) is 0 Å². The van der Waals surface area contributed by atoms with Crippen molar-refractivity contribution in [2.45, 2.75) is 19.0 Å². The van der Waals surface area contributed by atoms with Gasteiger partial charge in [0.1, 0.15) is 0 Å². The molecule has 1 aliphatic heterocycles. The molecular formula is C12H21Cl2N3. The van der Waals surface area contributed by atoms with Gasteiger partial charge < -0.3 is 11.1 Å². The van der Waals surface area contributed by atoms with E-state index in [-0.39, 0.29) is 24.8 Å². The van der Waals surface area contributed by atoms with Gasteiger partial charge in [0.25, 0.3) is 0 Å². The average molecular weight is 278 g/mol. The van der Waals surface area contributed by atoms with Crippen LogP contribution in [0.15, 0.2) is 24.3 Å². The van der Waals surface area contributed by atoms with Gasteiger partial charge in [0.2, 0.25) is 0 Å². The molecule has 1 heterocycles. The molecular weight excluding hydrogens is 257 g/mol. The number of hydrogen-bond donors (Lipinski definition) is 2. The van der Waals surface area contributed by atoms with Crippen LogP contribution < -0.4 is 11.1 Å². The Kier molecular flexibility index (Phi) is 7.55. The molecule has 1 aromatic rings. The smallest absolute Gasteiger partial charge is 0.0317 e. The highest BCUT2D eigenvalue weighted by Gasteiger charge is 2.18. The maximum atomic E-state index is 5.76. The lowest BCUT2D eigenvalue weighted by Gasteiger charge is -2.23. The number of nitrogens with one attached hydrogen (secondary N) is 1. The molecule has 0 saturated carbocycles. The largest absolute Gasteiger partial charge is 0.399 e. The lowest BCUT2D eigenvalue weighted by molar-refractivity contribution is 0.249. The van der Waals surface area contributed by atoms with E-state index >= 15 is 0 Å². The first-order chi connectivity index (χ1) is 7.25. The maximum Gasteiger partial charge on any atom is 0.0317 e. The number of likely N-dealkylation sites (N-methyl/N-ethyl adjacent to an activating group) is 1. The van der Waals surface area contributed by atoms with Crippen LogP contribution >= 0.6 is 24.8 Å². The molecule has 0 aliphatic carbocycles. The second-order valence-corrected chi connectivity index (χ2v) is 4.31. The molecule has 3 N–H and O–H groups in total. The predicted molar refractivity (Wildman–Crippen MR) is 78.1 cm³/mol. The van der Waals surface area contributed by atoms with E-state index < -0.39 is 0 Å². The molecule has 0 radical (unpaired) electrons. The van der Waals surface area contributed by atoms with E-state index in [1.54, 1.807) is 0 Å². The Balaban J connectivity index is 0.00000128. The van der Waals surface area contributed by atoms with Crippen LogP contribution in [0.25, 0.3) is 0 Å². The first-order valence-electron chi connectivity index (χ1n) is 5.51. The number of nitrogen functional groups attached to an aromatic ring is 1. The number of halogens is 2. The molecule has 0 bridgehead atoms. The highest BCUT2D eigenvalue weighted by Crippen LogP contribution is 2.13. The van der Waals surface area contributed by atoms with Gasteiger partial charge in [0, 0.05) is 24.8 Å². The quantitative estimate of drug-likeness (QED) is 0.830. The van der Waals surface area contributed by atoms with Crippen molar-refractivity contribution >= 4 is 30.5 Å². The summed E-state index contributed by atoms with van der Waals surface area (Å²) in [5, 5.41) is 3.38. The SMILES string of the molecule is CN(Cc1cccc(N)c1)C1CCNC1.Cl.Cl. The Bertz CT molecular complexity index is 327. The third-order valence-electron chi connectivity index (χ3n) is 3.04. The van der Waals surface area contributed by atoms with Gasteiger partial charge in [-0.25, -0.2) is 0 Å². The molecule has 0 amide bonds. The summed E-state index contributed by atoms with van der Waals surface area (Å²) in [7, 11) is 2.18. The van der Waals surface area contributed by atoms with E-state index in [2.05, 4.69) is 29.4 Å². The normalized spacial score (nSPS) is 18.6. The van der Waals surface area contributed by atoms with Crippen molar-refractivity contribution in [1.29, 1.82) is 0 Å². The third-order valence-corrected chi connectivity index (χ3v) is 3.04. The van der Waals surface area contributed by atoms with Gasteiger partial charge in [-0.1, -0.05) is 12.1 Å². The summed E-state index contributed by atoms with van der Waals surface area (Å²) in [6.45, 7) is 3.24. The molecule has 1 aromatic carbocycles. The van der Waals surface area contributed by atoms with Crippen molar-refractivity contribution in [3.8, 4) is 0 Å². The summed E-state index contributed by atoms with van der Waals surface area (Å²) in [6, 6.07) is 8.81. The van der Waals surface area contributed by atoms with Crippen molar-refractivity contribution in [3.63, 3.8) is 0 Å². The zero-order valence-electron chi connectivity index (χ0n) is 10.1. The minimum Gasteiger partial charge on any atom is -0.399 e. The molecule has 1 unspecified atom stereocenters. The van der Waals surface area contributed by atoms with E-state index in [1.807, 2.05) is 12.1 Å². The van der Waals surface area contributed by atoms with E-state index in [9.17, 15) is 0 Å². The fourth-order valence-electron chi connectivity index (χ4n) is 2.12. The first-order valence-corrected chi connectivity index (χ1v) is 5.51. The second-order valence-electron chi connectivity index (χ2n) is 4.31. The zero-order valence-corrected chi connectivity index (χ0v) is 11.7. The Hall–Kier alpha value is -0.480. The average Bonchev–Trinajstić information content (AvgIpc) is 2.70. The molecule has 1 fully saturated rings. The maximum absolute atomic E-state index is 5.76. The summed E-state index contributed by atoms with van der Waals surface area (Å²) in [5.74, 6) is 0. The van der Waals surface area contributed by atoms with Gasteiger partial charge in [-0.3, -0.25) is 4.90 Å². The van der Waals surface area contributed by atoms with Crippen LogP contribution in [0.4, 0.5) is 5.69 Å². The van der Waals surface area contributed by atoms with Crippen LogP contribution in [0.1, 0.15) is 12.0 Å². The van der Waals surface area contributed by atoms with Gasteiger partial charge in [-0.2, -0.15) is 0 Å². The molecule has 98 valence electrons. The van der Waals surface area contributed by atoms with E-state index in [4.69, 9.17) is 5.73 Å². The van der Waals surface area contributed by atoms with E-state index in [1.165, 1.54) is 12.0 Å². The van der Waals surface area contributed by atoms with Crippen LogP contribution in [0.2, 0.25) is 0 Å². The molecule has 1 atom stereocenters. The van der Waals surface area contributed by atoms with Gasteiger partial charge in [-0.05, 0) is 37.7 Å². The van der Waals surface area contributed by atoms with Crippen molar-refractivity contribution in [3.05, 3.63) is 29.8 Å². The van der Waals surface area contributed by atoms with Crippen LogP contribution in [-0.2, 0) is 6.54 Å². The van der Waals surface area contributed by atoms with Gasteiger partial charge in [-0.15, -0.1) is 24.8 Å². The summed E-state index contributed by atoms with van der Waals surface area (Å²) in [6.07, 6.45) is 1.25. The Morgan fingerprint density at radius 1 is 1.41 bits per heavy atom. The number of nitrogens with two attached hydrogens (primary N) is 1.